The van der Waals surface area contributed by atoms with Crippen molar-refractivity contribution in [1.29, 1.82) is 0 Å². The Morgan fingerprint density at radius 2 is 1.77 bits per heavy atom. The van der Waals surface area contributed by atoms with E-state index in [-0.39, 0.29) is 6.03 Å². The van der Waals surface area contributed by atoms with Gasteiger partial charge in [0, 0.05) is 31.9 Å². The van der Waals surface area contributed by atoms with Gasteiger partial charge in [0.25, 0.3) is 0 Å². The molecule has 1 aliphatic carbocycles. The number of anilines is 2. The van der Waals surface area contributed by atoms with Crippen molar-refractivity contribution in [2.75, 3.05) is 43.5 Å². The van der Waals surface area contributed by atoms with Gasteiger partial charge in [-0.2, -0.15) is 0 Å². The molecule has 5 nitrogen and oxygen atoms in total. The van der Waals surface area contributed by atoms with Crippen molar-refractivity contribution < 1.29 is 9.53 Å². The number of nitrogens with one attached hydrogen (secondary N) is 1. The summed E-state index contributed by atoms with van der Waals surface area (Å²) in [6, 6.07) is 14.3. The topological polar surface area (TPSA) is 44.8 Å². The number of rotatable bonds is 3. The van der Waals surface area contributed by atoms with E-state index >= 15 is 0 Å². The second-order valence-corrected chi connectivity index (χ2v) is 6.91. The number of methoxy groups -OCH3 is 1. The highest BCUT2D eigenvalue weighted by atomic mass is 16.5. The molecule has 4 rings (SSSR count). The van der Waals surface area contributed by atoms with Gasteiger partial charge in [-0.3, -0.25) is 0 Å². The molecule has 0 saturated carbocycles. The molecule has 0 spiro atoms. The Morgan fingerprint density at radius 1 is 1.00 bits per heavy atom. The van der Waals surface area contributed by atoms with E-state index in [0.29, 0.717) is 13.1 Å². The van der Waals surface area contributed by atoms with Crippen molar-refractivity contribution in [2.45, 2.75) is 19.3 Å². The Kier molecular flexibility index (Phi) is 4.69. The molecule has 2 aromatic carbocycles. The number of amides is 2. The maximum atomic E-state index is 12.6. The van der Waals surface area contributed by atoms with Gasteiger partial charge in [-0.15, -0.1) is 0 Å². The second kappa shape index (κ2) is 7.28. The summed E-state index contributed by atoms with van der Waals surface area (Å²) in [6.45, 7) is 3.01. The number of carbonyl (C=O) groups excluding carboxylic acids is 1. The van der Waals surface area contributed by atoms with E-state index < -0.39 is 0 Å². The molecule has 5 heteroatoms. The minimum atomic E-state index is -0.0115. The van der Waals surface area contributed by atoms with Crippen LogP contribution < -0.4 is 15.0 Å². The Bertz CT molecular complexity index is 798. The lowest BCUT2D eigenvalue weighted by Gasteiger charge is -2.36. The van der Waals surface area contributed by atoms with Gasteiger partial charge in [-0.05, 0) is 54.7 Å². The van der Waals surface area contributed by atoms with E-state index in [0.717, 1.165) is 43.1 Å². The minimum absolute atomic E-state index is 0.0115. The molecule has 0 unspecified atom stereocenters. The predicted molar refractivity (Wildman–Crippen MR) is 104 cm³/mol. The van der Waals surface area contributed by atoms with Gasteiger partial charge in [0.1, 0.15) is 5.75 Å². The Labute approximate surface area is 154 Å². The molecular weight excluding hydrogens is 326 g/mol. The van der Waals surface area contributed by atoms with E-state index in [1.54, 1.807) is 7.11 Å². The van der Waals surface area contributed by atoms with Crippen molar-refractivity contribution in [2.24, 2.45) is 0 Å². The predicted octanol–water partition coefficient (Wildman–Crippen LogP) is 3.54. The molecule has 1 saturated heterocycles. The largest absolute Gasteiger partial charge is 0.495 e. The number of benzene rings is 2. The van der Waals surface area contributed by atoms with Crippen molar-refractivity contribution in [1.82, 2.24) is 4.90 Å². The maximum absolute atomic E-state index is 12.6. The van der Waals surface area contributed by atoms with Crippen LogP contribution in [0.4, 0.5) is 16.2 Å². The number of hydrogen-bond acceptors (Lipinski definition) is 3. The summed E-state index contributed by atoms with van der Waals surface area (Å²) in [5.74, 6) is 0.878. The van der Waals surface area contributed by atoms with Crippen LogP contribution in [-0.2, 0) is 12.8 Å². The van der Waals surface area contributed by atoms with Gasteiger partial charge >= 0.3 is 6.03 Å². The molecule has 1 heterocycles. The normalized spacial score (nSPS) is 16.3. The fourth-order valence-corrected chi connectivity index (χ4v) is 3.89. The zero-order valence-corrected chi connectivity index (χ0v) is 15.2. The molecule has 1 aliphatic heterocycles. The lowest BCUT2D eigenvalue weighted by Crippen LogP contribution is -2.50. The molecular formula is C21H25N3O2. The summed E-state index contributed by atoms with van der Waals surface area (Å²) in [5, 5.41) is 3.06. The maximum Gasteiger partial charge on any atom is 0.321 e. The average Bonchev–Trinajstić information content (AvgIpc) is 3.16. The molecule has 26 heavy (non-hydrogen) atoms. The first-order valence-electron chi connectivity index (χ1n) is 9.30. The standard InChI is InChI=1S/C21H25N3O2/c1-26-20-8-3-2-7-19(20)23-11-13-24(14-12-23)21(25)22-18-10-9-16-5-4-6-17(16)15-18/h2-3,7-10,15H,4-6,11-14H2,1H3,(H,22,25). The number of fused-ring (bicyclic) bond motifs is 1. The molecule has 1 fully saturated rings. The number of nitrogens with zero attached hydrogens (tertiary/aromatic N) is 2. The van der Waals surface area contributed by atoms with Crippen LogP contribution in [0.5, 0.6) is 5.75 Å². The van der Waals surface area contributed by atoms with Crippen molar-refractivity contribution in [3.8, 4) is 5.75 Å². The number of aryl methyl sites for hydroxylation is 2. The van der Waals surface area contributed by atoms with E-state index in [4.69, 9.17) is 4.74 Å². The van der Waals surface area contributed by atoms with Crippen LogP contribution in [0.2, 0.25) is 0 Å². The number of carbonyl (C=O) groups is 1. The zero-order valence-electron chi connectivity index (χ0n) is 15.2. The molecule has 0 atom stereocenters. The molecule has 1 N–H and O–H groups in total. The number of para-hydroxylation sites is 2. The molecule has 0 radical (unpaired) electrons. The summed E-state index contributed by atoms with van der Waals surface area (Å²) < 4.78 is 5.45. The zero-order chi connectivity index (χ0) is 17.9. The number of ether oxygens (including phenoxy) is 1. The van der Waals surface area contributed by atoms with Gasteiger partial charge in [0.15, 0.2) is 0 Å². The third-order valence-electron chi connectivity index (χ3n) is 5.34. The molecule has 0 bridgehead atoms. The highest BCUT2D eigenvalue weighted by Crippen LogP contribution is 2.29. The third-order valence-corrected chi connectivity index (χ3v) is 5.34. The monoisotopic (exact) mass is 351 g/mol. The van der Waals surface area contributed by atoms with Gasteiger partial charge in [-0.25, -0.2) is 4.79 Å². The van der Waals surface area contributed by atoms with Crippen LogP contribution in [0, 0.1) is 0 Å². The highest BCUT2D eigenvalue weighted by molar-refractivity contribution is 5.89. The van der Waals surface area contributed by atoms with Gasteiger partial charge in [-0.1, -0.05) is 18.2 Å². The third kappa shape index (κ3) is 3.34. The minimum Gasteiger partial charge on any atom is -0.495 e. The van der Waals surface area contributed by atoms with Crippen LogP contribution in [0.25, 0.3) is 0 Å². The quantitative estimate of drug-likeness (QED) is 0.920. The lowest BCUT2D eigenvalue weighted by molar-refractivity contribution is 0.208. The summed E-state index contributed by atoms with van der Waals surface area (Å²) in [7, 11) is 1.69. The summed E-state index contributed by atoms with van der Waals surface area (Å²) in [4.78, 5) is 16.8. The Hall–Kier alpha value is -2.69. The fourth-order valence-electron chi connectivity index (χ4n) is 3.89. The molecule has 2 amide bonds. The Morgan fingerprint density at radius 3 is 2.58 bits per heavy atom. The molecule has 0 aromatic heterocycles. The van der Waals surface area contributed by atoms with E-state index in [9.17, 15) is 4.79 Å². The van der Waals surface area contributed by atoms with E-state index in [1.807, 2.05) is 29.2 Å². The highest BCUT2D eigenvalue weighted by Gasteiger charge is 2.23. The van der Waals surface area contributed by atoms with Crippen LogP contribution in [-0.4, -0.2) is 44.2 Å². The first-order chi connectivity index (χ1) is 12.7. The molecule has 2 aliphatic rings. The van der Waals surface area contributed by atoms with Crippen molar-refractivity contribution in [3.05, 3.63) is 53.6 Å². The van der Waals surface area contributed by atoms with Crippen molar-refractivity contribution in [3.63, 3.8) is 0 Å². The van der Waals surface area contributed by atoms with Crippen LogP contribution in [0.3, 0.4) is 0 Å². The second-order valence-electron chi connectivity index (χ2n) is 6.91. The van der Waals surface area contributed by atoms with Crippen LogP contribution in [0.15, 0.2) is 42.5 Å². The van der Waals surface area contributed by atoms with Gasteiger partial charge < -0.3 is 19.9 Å². The summed E-state index contributed by atoms with van der Waals surface area (Å²) in [6.07, 6.45) is 3.50. The lowest BCUT2D eigenvalue weighted by atomic mass is 10.1. The molecule has 136 valence electrons. The molecule has 2 aromatic rings. The van der Waals surface area contributed by atoms with E-state index in [1.165, 1.54) is 17.5 Å². The van der Waals surface area contributed by atoms with Crippen molar-refractivity contribution >= 4 is 17.4 Å². The summed E-state index contributed by atoms with van der Waals surface area (Å²) in [5.41, 5.74) is 4.80. The Balaban J connectivity index is 1.36. The number of hydrogen-bond donors (Lipinski definition) is 1. The fraction of sp³-hybridized carbons (Fsp3) is 0.381. The first-order valence-corrected chi connectivity index (χ1v) is 9.30. The SMILES string of the molecule is COc1ccccc1N1CCN(C(=O)Nc2ccc3c(c2)CCC3)CC1. The summed E-state index contributed by atoms with van der Waals surface area (Å²) >= 11 is 0. The van der Waals surface area contributed by atoms with E-state index in [2.05, 4.69) is 28.4 Å². The van der Waals surface area contributed by atoms with Crippen LogP contribution >= 0.6 is 0 Å². The van der Waals surface area contributed by atoms with Gasteiger partial charge in [0.05, 0.1) is 12.8 Å². The number of piperazine rings is 1. The van der Waals surface area contributed by atoms with Crippen LogP contribution in [0.1, 0.15) is 17.5 Å². The smallest absolute Gasteiger partial charge is 0.321 e. The average molecular weight is 351 g/mol. The first kappa shape index (κ1) is 16.8. The number of urea groups is 1. The van der Waals surface area contributed by atoms with Gasteiger partial charge in [0.2, 0.25) is 0 Å².